The Balaban J connectivity index is 2.52. The van der Waals surface area contributed by atoms with Crippen molar-refractivity contribution in [3.8, 4) is 17.2 Å². The number of benzene rings is 1. The van der Waals surface area contributed by atoms with Gasteiger partial charge in [-0.15, -0.1) is 10.2 Å². The van der Waals surface area contributed by atoms with E-state index in [2.05, 4.69) is 26.1 Å². The Bertz CT molecular complexity index is 482. The third-order valence-electron chi connectivity index (χ3n) is 1.99. The van der Waals surface area contributed by atoms with Crippen LogP contribution in [0.5, 0.6) is 5.75 Å². The van der Waals surface area contributed by atoms with Gasteiger partial charge in [0.2, 0.25) is 0 Å². The van der Waals surface area contributed by atoms with Gasteiger partial charge in [-0.3, -0.25) is 0 Å². The van der Waals surface area contributed by atoms with E-state index in [-0.39, 0.29) is 0 Å². The van der Waals surface area contributed by atoms with Crippen molar-refractivity contribution in [3.63, 3.8) is 0 Å². The summed E-state index contributed by atoms with van der Waals surface area (Å²) < 4.78 is 10.5. The first-order chi connectivity index (χ1) is 7.20. The molecule has 0 unspecified atom stereocenters. The van der Waals surface area contributed by atoms with Gasteiger partial charge in [-0.25, -0.2) is 0 Å². The molecule has 0 radical (unpaired) electrons. The molecule has 0 aliphatic carbocycles. The zero-order valence-corrected chi connectivity index (χ0v) is 9.91. The summed E-state index contributed by atoms with van der Waals surface area (Å²) in [7, 11) is 1.61. The largest absolute Gasteiger partial charge is 0.496 e. The van der Waals surface area contributed by atoms with Crippen molar-refractivity contribution in [2.45, 2.75) is 6.92 Å². The molecule has 2 rings (SSSR count). The Morgan fingerprint density at radius 1 is 1.33 bits per heavy atom. The standard InChI is InChI=1S/C10H9BrN2O2/c1-6-3-4-7(8(5-6)14-2)9-12-13-10(11)15-9/h3-5H,1-2H3. The Labute approximate surface area is 95.4 Å². The quantitative estimate of drug-likeness (QED) is 0.841. The number of ether oxygens (including phenoxy) is 1. The van der Waals surface area contributed by atoms with Crippen LogP contribution in [0.3, 0.4) is 0 Å². The normalized spacial score (nSPS) is 10.3. The summed E-state index contributed by atoms with van der Waals surface area (Å²) in [5.74, 6) is 1.17. The molecule has 0 N–H and O–H groups in total. The van der Waals surface area contributed by atoms with Gasteiger partial charge < -0.3 is 9.15 Å². The molecular weight excluding hydrogens is 260 g/mol. The summed E-state index contributed by atoms with van der Waals surface area (Å²) in [5.41, 5.74) is 1.91. The van der Waals surface area contributed by atoms with Gasteiger partial charge in [0.25, 0.3) is 10.7 Å². The minimum atomic E-state index is 0.361. The van der Waals surface area contributed by atoms with Crippen molar-refractivity contribution in [2.24, 2.45) is 0 Å². The lowest BCUT2D eigenvalue weighted by Gasteiger charge is -2.05. The molecule has 0 fully saturated rings. The third-order valence-corrected chi connectivity index (χ3v) is 2.31. The number of rotatable bonds is 2. The fraction of sp³-hybridized carbons (Fsp3) is 0.200. The van der Waals surface area contributed by atoms with E-state index in [1.807, 2.05) is 25.1 Å². The highest BCUT2D eigenvalue weighted by Gasteiger charge is 2.12. The summed E-state index contributed by atoms with van der Waals surface area (Å²) in [6.07, 6.45) is 0. The highest BCUT2D eigenvalue weighted by atomic mass is 79.9. The monoisotopic (exact) mass is 268 g/mol. The molecule has 0 amide bonds. The number of nitrogens with zero attached hydrogens (tertiary/aromatic N) is 2. The van der Waals surface area contributed by atoms with E-state index in [1.54, 1.807) is 7.11 Å². The smallest absolute Gasteiger partial charge is 0.285 e. The molecule has 0 bridgehead atoms. The minimum Gasteiger partial charge on any atom is -0.496 e. The zero-order chi connectivity index (χ0) is 10.8. The van der Waals surface area contributed by atoms with E-state index in [4.69, 9.17) is 9.15 Å². The molecule has 5 heteroatoms. The van der Waals surface area contributed by atoms with Crippen LogP contribution in [0, 0.1) is 6.92 Å². The molecule has 0 saturated carbocycles. The van der Waals surface area contributed by atoms with Gasteiger partial charge in [-0.2, -0.15) is 0 Å². The van der Waals surface area contributed by atoms with Gasteiger partial charge in [0.1, 0.15) is 5.75 Å². The van der Waals surface area contributed by atoms with Crippen molar-refractivity contribution in [2.75, 3.05) is 7.11 Å². The number of hydrogen-bond donors (Lipinski definition) is 0. The Hall–Kier alpha value is -1.36. The lowest BCUT2D eigenvalue weighted by molar-refractivity contribution is 0.413. The molecule has 0 spiro atoms. The molecule has 0 aliphatic rings. The van der Waals surface area contributed by atoms with Gasteiger partial charge in [0.15, 0.2) is 0 Å². The van der Waals surface area contributed by atoms with E-state index in [9.17, 15) is 0 Å². The predicted molar refractivity (Wildman–Crippen MR) is 58.7 cm³/mol. The summed E-state index contributed by atoms with van der Waals surface area (Å²) in [5, 5.41) is 7.62. The molecule has 0 atom stereocenters. The Morgan fingerprint density at radius 2 is 2.13 bits per heavy atom. The second-order valence-electron chi connectivity index (χ2n) is 3.06. The van der Waals surface area contributed by atoms with E-state index < -0.39 is 0 Å². The maximum absolute atomic E-state index is 5.27. The van der Waals surface area contributed by atoms with E-state index >= 15 is 0 Å². The van der Waals surface area contributed by atoms with Crippen molar-refractivity contribution in [1.82, 2.24) is 10.2 Å². The van der Waals surface area contributed by atoms with Crippen molar-refractivity contribution < 1.29 is 9.15 Å². The van der Waals surface area contributed by atoms with Crippen LogP contribution in [0.2, 0.25) is 0 Å². The topological polar surface area (TPSA) is 48.2 Å². The molecule has 4 nitrogen and oxygen atoms in total. The van der Waals surface area contributed by atoms with Gasteiger partial charge in [-0.05, 0) is 24.6 Å². The van der Waals surface area contributed by atoms with Gasteiger partial charge >= 0.3 is 0 Å². The Morgan fingerprint density at radius 3 is 2.73 bits per heavy atom. The highest BCUT2D eigenvalue weighted by molar-refractivity contribution is 9.10. The minimum absolute atomic E-state index is 0.361. The van der Waals surface area contributed by atoms with Gasteiger partial charge in [0.05, 0.1) is 12.7 Å². The zero-order valence-electron chi connectivity index (χ0n) is 8.32. The number of halogens is 1. The van der Waals surface area contributed by atoms with Crippen molar-refractivity contribution >= 4 is 15.9 Å². The molecule has 1 aromatic heterocycles. The predicted octanol–water partition coefficient (Wildman–Crippen LogP) is 2.82. The average molecular weight is 269 g/mol. The van der Waals surface area contributed by atoms with Crippen molar-refractivity contribution in [1.29, 1.82) is 0 Å². The van der Waals surface area contributed by atoms with E-state index in [0.717, 1.165) is 16.9 Å². The van der Waals surface area contributed by atoms with Crippen LogP contribution >= 0.6 is 15.9 Å². The fourth-order valence-corrected chi connectivity index (χ4v) is 1.52. The maximum Gasteiger partial charge on any atom is 0.285 e. The third kappa shape index (κ3) is 2.02. The first kappa shape index (κ1) is 10.2. The molecular formula is C10H9BrN2O2. The molecule has 78 valence electrons. The fourth-order valence-electron chi connectivity index (χ4n) is 1.29. The second-order valence-corrected chi connectivity index (χ2v) is 3.74. The van der Waals surface area contributed by atoms with Gasteiger partial charge in [0, 0.05) is 15.9 Å². The summed E-state index contributed by atoms with van der Waals surface area (Å²) in [6, 6.07) is 5.79. The van der Waals surface area contributed by atoms with Crippen LogP contribution in [0.4, 0.5) is 0 Å². The number of methoxy groups -OCH3 is 1. The molecule has 1 heterocycles. The van der Waals surface area contributed by atoms with Gasteiger partial charge in [-0.1, -0.05) is 6.07 Å². The first-order valence-corrected chi connectivity index (χ1v) is 5.14. The van der Waals surface area contributed by atoms with Crippen LogP contribution in [-0.4, -0.2) is 17.3 Å². The average Bonchev–Trinajstić information content (AvgIpc) is 2.64. The van der Waals surface area contributed by atoms with Crippen LogP contribution in [0.15, 0.2) is 27.4 Å². The summed E-state index contributed by atoms with van der Waals surface area (Å²) in [6.45, 7) is 2.00. The Kier molecular flexibility index (Phi) is 2.73. The van der Waals surface area contributed by atoms with Crippen LogP contribution in [-0.2, 0) is 0 Å². The molecule has 2 aromatic rings. The molecule has 1 aromatic carbocycles. The first-order valence-electron chi connectivity index (χ1n) is 4.34. The summed E-state index contributed by atoms with van der Waals surface area (Å²) in [4.78, 5) is 0.361. The SMILES string of the molecule is COc1cc(C)ccc1-c1nnc(Br)o1. The van der Waals surface area contributed by atoms with Crippen molar-refractivity contribution in [3.05, 3.63) is 28.6 Å². The number of aromatic nitrogens is 2. The summed E-state index contributed by atoms with van der Waals surface area (Å²) >= 11 is 3.11. The maximum atomic E-state index is 5.27. The number of aryl methyl sites for hydroxylation is 1. The molecule has 15 heavy (non-hydrogen) atoms. The van der Waals surface area contributed by atoms with E-state index in [0.29, 0.717) is 10.7 Å². The van der Waals surface area contributed by atoms with Crippen LogP contribution in [0.25, 0.3) is 11.5 Å². The van der Waals surface area contributed by atoms with Crippen LogP contribution in [0.1, 0.15) is 5.56 Å². The highest BCUT2D eigenvalue weighted by Crippen LogP contribution is 2.30. The lowest BCUT2D eigenvalue weighted by atomic mass is 10.1. The number of hydrogen-bond acceptors (Lipinski definition) is 4. The van der Waals surface area contributed by atoms with E-state index in [1.165, 1.54) is 0 Å². The second kappa shape index (κ2) is 4.02. The lowest BCUT2D eigenvalue weighted by Crippen LogP contribution is -1.89. The molecule has 0 saturated heterocycles. The molecule has 0 aliphatic heterocycles. The van der Waals surface area contributed by atoms with Crippen LogP contribution < -0.4 is 4.74 Å².